The molecule has 2 aliphatic heterocycles. The van der Waals surface area contributed by atoms with Gasteiger partial charge in [-0.1, -0.05) is 42.6 Å². The Bertz CT molecular complexity index is 943. The van der Waals surface area contributed by atoms with Crippen molar-refractivity contribution >= 4 is 29.2 Å². The average molecular weight is 449 g/mol. The van der Waals surface area contributed by atoms with Gasteiger partial charge in [-0.3, -0.25) is 0 Å². The van der Waals surface area contributed by atoms with Gasteiger partial charge >= 0.3 is 5.97 Å². The Balaban J connectivity index is 1.72. The third-order valence-corrected chi connectivity index (χ3v) is 6.71. The molecule has 2 aliphatic rings. The van der Waals surface area contributed by atoms with Crippen LogP contribution < -0.4 is 9.47 Å². The van der Waals surface area contributed by atoms with Gasteiger partial charge in [0.1, 0.15) is 12.2 Å². The summed E-state index contributed by atoms with van der Waals surface area (Å²) in [6.45, 7) is 2.10. The molecular weight excluding hydrogens is 423 g/mol. The number of carbonyl (C=O) groups excluding carboxylic acids is 1. The third-order valence-electron chi connectivity index (χ3n) is 6.14. The van der Waals surface area contributed by atoms with Crippen molar-refractivity contribution in [3.05, 3.63) is 57.1 Å². The van der Waals surface area contributed by atoms with Crippen LogP contribution in [0.2, 0.25) is 10.0 Å². The summed E-state index contributed by atoms with van der Waals surface area (Å²) in [4.78, 5) is 13.0. The van der Waals surface area contributed by atoms with E-state index in [1.165, 1.54) is 5.56 Å². The molecule has 2 aromatic rings. The minimum absolute atomic E-state index is 0.0323. The van der Waals surface area contributed by atoms with Crippen LogP contribution in [-0.2, 0) is 11.2 Å². The molecule has 0 aliphatic carbocycles. The fourth-order valence-electron chi connectivity index (χ4n) is 4.53. The number of benzene rings is 2. The van der Waals surface area contributed by atoms with Crippen molar-refractivity contribution in [1.29, 1.82) is 0 Å². The fraction of sp³-hybridized carbons (Fsp3) is 0.458. The predicted molar refractivity (Wildman–Crippen MR) is 118 cm³/mol. The van der Waals surface area contributed by atoms with Crippen LogP contribution in [-0.4, -0.2) is 25.3 Å². The molecule has 0 fully saturated rings. The molecule has 0 saturated heterocycles. The smallest absolute Gasteiger partial charge is 0.340 e. The van der Waals surface area contributed by atoms with Gasteiger partial charge in [-0.25, -0.2) is 4.79 Å². The number of halogens is 2. The molecule has 0 saturated carbocycles. The lowest BCUT2D eigenvalue weighted by atomic mass is 9.87. The standard InChI is InChI=1S/C24H26Cl2O4/c1-14-21(30-24(27)18-12-16(25)9-10-19(18)26)13-17-7-5-3-4-6-15-8-11-20(28-2)23(29-17)22(14)15/h8-12,14,17,21H,3-7,13H2,1-2H3/t14-,17?,21+/m0/s1. The highest BCUT2D eigenvalue weighted by molar-refractivity contribution is 6.35. The molecule has 0 radical (unpaired) electrons. The highest BCUT2D eigenvalue weighted by Crippen LogP contribution is 2.46. The number of carbonyl (C=O) groups is 1. The van der Waals surface area contributed by atoms with Gasteiger partial charge in [-0.2, -0.15) is 0 Å². The zero-order valence-electron chi connectivity index (χ0n) is 17.3. The van der Waals surface area contributed by atoms with Crippen LogP contribution in [0.4, 0.5) is 0 Å². The first-order chi connectivity index (χ1) is 14.5. The van der Waals surface area contributed by atoms with E-state index >= 15 is 0 Å². The summed E-state index contributed by atoms with van der Waals surface area (Å²) in [7, 11) is 1.66. The molecule has 4 rings (SSSR count). The van der Waals surface area contributed by atoms with E-state index in [1.54, 1.807) is 25.3 Å². The molecular formula is C24H26Cl2O4. The predicted octanol–water partition coefficient (Wildman–Crippen LogP) is 6.60. The average Bonchev–Trinajstić information content (AvgIpc) is 2.87. The second kappa shape index (κ2) is 9.07. The number of methoxy groups -OCH3 is 1. The van der Waals surface area contributed by atoms with E-state index in [9.17, 15) is 4.79 Å². The van der Waals surface area contributed by atoms with E-state index in [4.69, 9.17) is 37.4 Å². The van der Waals surface area contributed by atoms with Crippen molar-refractivity contribution in [2.24, 2.45) is 0 Å². The number of ether oxygens (including phenoxy) is 3. The molecule has 30 heavy (non-hydrogen) atoms. The first-order valence-corrected chi connectivity index (χ1v) is 11.3. The Labute approximate surface area is 187 Å². The molecule has 0 spiro atoms. The lowest BCUT2D eigenvalue weighted by Gasteiger charge is -2.25. The summed E-state index contributed by atoms with van der Waals surface area (Å²) in [6.07, 6.45) is 5.55. The topological polar surface area (TPSA) is 44.8 Å². The molecule has 0 N–H and O–H groups in total. The molecule has 0 aromatic heterocycles. The number of esters is 1. The zero-order valence-corrected chi connectivity index (χ0v) is 18.8. The van der Waals surface area contributed by atoms with E-state index in [-0.39, 0.29) is 23.7 Å². The monoisotopic (exact) mass is 448 g/mol. The summed E-state index contributed by atoms with van der Waals surface area (Å²) >= 11 is 12.3. The van der Waals surface area contributed by atoms with Gasteiger partial charge in [0.2, 0.25) is 0 Å². The molecule has 2 aromatic carbocycles. The minimum atomic E-state index is -0.458. The molecule has 4 bridgehead atoms. The Hall–Kier alpha value is -1.91. The van der Waals surface area contributed by atoms with Crippen LogP contribution in [0.15, 0.2) is 30.3 Å². The van der Waals surface area contributed by atoms with Gasteiger partial charge in [0, 0.05) is 22.9 Å². The van der Waals surface area contributed by atoms with E-state index in [0.29, 0.717) is 16.5 Å². The Morgan fingerprint density at radius 3 is 2.77 bits per heavy atom. The largest absolute Gasteiger partial charge is 0.493 e. The van der Waals surface area contributed by atoms with Crippen LogP contribution in [0.1, 0.15) is 66.4 Å². The van der Waals surface area contributed by atoms with E-state index in [1.807, 2.05) is 6.07 Å². The van der Waals surface area contributed by atoms with Crippen molar-refractivity contribution in [1.82, 2.24) is 0 Å². The van der Waals surface area contributed by atoms with Gasteiger partial charge in [-0.15, -0.1) is 0 Å². The SMILES string of the molecule is COc1ccc2c3c1OC(CCCCC2)C[C@@H](OC(=O)c1cc(Cl)ccc1Cl)[C@@H]3C. The third kappa shape index (κ3) is 4.26. The van der Waals surface area contributed by atoms with Crippen LogP contribution in [0, 0.1) is 0 Å². The van der Waals surface area contributed by atoms with Crippen molar-refractivity contribution in [2.45, 2.75) is 63.6 Å². The Morgan fingerprint density at radius 2 is 1.97 bits per heavy atom. The van der Waals surface area contributed by atoms with E-state index < -0.39 is 5.97 Å². The maximum absolute atomic E-state index is 13.0. The quantitative estimate of drug-likeness (QED) is 0.496. The zero-order chi connectivity index (χ0) is 21.3. The van der Waals surface area contributed by atoms with Crippen molar-refractivity contribution in [3.8, 4) is 11.5 Å². The van der Waals surface area contributed by atoms with Crippen molar-refractivity contribution in [3.63, 3.8) is 0 Å². The van der Waals surface area contributed by atoms with Crippen molar-refractivity contribution in [2.75, 3.05) is 7.11 Å². The normalized spacial score (nSPS) is 23.3. The fourth-order valence-corrected chi connectivity index (χ4v) is 4.90. The van der Waals surface area contributed by atoms with Gasteiger partial charge in [0.05, 0.1) is 17.7 Å². The minimum Gasteiger partial charge on any atom is -0.493 e. The molecule has 1 unspecified atom stereocenters. The summed E-state index contributed by atoms with van der Waals surface area (Å²) in [5.41, 5.74) is 2.62. The molecule has 160 valence electrons. The number of rotatable bonds is 3. The number of hydrogen-bond acceptors (Lipinski definition) is 4. The van der Waals surface area contributed by atoms with Crippen LogP contribution in [0.25, 0.3) is 0 Å². The maximum atomic E-state index is 13.0. The summed E-state index contributed by atoms with van der Waals surface area (Å²) < 4.78 is 18.1. The molecule has 2 heterocycles. The first-order valence-electron chi connectivity index (χ1n) is 10.5. The Kier molecular flexibility index (Phi) is 6.45. The number of hydrogen-bond donors (Lipinski definition) is 0. The number of aryl methyl sites for hydroxylation is 1. The van der Waals surface area contributed by atoms with Crippen LogP contribution in [0.5, 0.6) is 11.5 Å². The second-order valence-electron chi connectivity index (χ2n) is 8.10. The van der Waals surface area contributed by atoms with Gasteiger partial charge in [0.15, 0.2) is 11.5 Å². The van der Waals surface area contributed by atoms with Crippen LogP contribution in [0.3, 0.4) is 0 Å². The van der Waals surface area contributed by atoms with Gasteiger partial charge in [-0.05, 0) is 55.5 Å². The van der Waals surface area contributed by atoms with Crippen molar-refractivity contribution < 1.29 is 19.0 Å². The second-order valence-corrected chi connectivity index (χ2v) is 8.94. The summed E-state index contributed by atoms with van der Waals surface area (Å²) in [5.74, 6) is 1.04. The highest BCUT2D eigenvalue weighted by Gasteiger charge is 2.36. The van der Waals surface area contributed by atoms with Gasteiger partial charge < -0.3 is 14.2 Å². The molecule has 3 atom stereocenters. The molecule has 4 nitrogen and oxygen atoms in total. The lowest BCUT2D eigenvalue weighted by molar-refractivity contribution is 0.0141. The van der Waals surface area contributed by atoms with E-state index in [2.05, 4.69) is 13.0 Å². The lowest BCUT2D eigenvalue weighted by Crippen LogP contribution is -2.28. The molecule has 6 heteroatoms. The highest BCUT2D eigenvalue weighted by atomic mass is 35.5. The van der Waals surface area contributed by atoms with E-state index in [0.717, 1.165) is 49.2 Å². The van der Waals surface area contributed by atoms with Crippen LogP contribution >= 0.6 is 23.2 Å². The number of fused-ring (bicyclic) bond motifs is 1. The summed E-state index contributed by atoms with van der Waals surface area (Å²) in [5, 5.41) is 0.781. The molecule has 0 amide bonds. The van der Waals surface area contributed by atoms with Gasteiger partial charge in [0.25, 0.3) is 0 Å². The maximum Gasteiger partial charge on any atom is 0.340 e. The first kappa shape index (κ1) is 21.3. The Morgan fingerprint density at radius 1 is 1.13 bits per heavy atom. The summed E-state index contributed by atoms with van der Waals surface area (Å²) in [6, 6.07) is 8.93.